The Balaban J connectivity index is 2.25. The van der Waals surface area contributed by atoms with E-state index in [-0.39, 0.29) is 5.95 Å². The van der Waals surface area contributed by atoms with E-state index in [0.717, 1.165) is 9.92 Å². The summed E-state index contributed by atoms with van der Waals surface area (Å²) in [7, 11) is 0. The van der Waals surface area contributed by atoms with E-state index in [1.807, 2.05) is 30.3 Å². The Kier molecular flexibility index (Phi) is 2.73. The first-order valence-electron chi connectivity index (χ1n) is 4.37. The third-order valence-corrected chi connectivity index (χ3v) is 2.63. The molecule has 1 aromatic carbocycles. The standard InChI is InChI=1S/C10H10N4S/c11-8-6-9(14-10(12)13-8)15-7-4-2-1-3-5-7/h1-6H,(H4,11,12,13,14). The van der Waals surface area contributed by atoms with E-state index in [1.165, 1.54) is 11.8 Å². The van der Waals surface area contributed by atoms with Crippen molar-refractivity contribution in [2.45, 2.75) is 9.92 Å². The van der Waals surface area contributed by atoms with Gasteiger partial charge in [0.2, 0.25) is 5.95 Å². The van der Waals surface area contributed by atoms with E-state index in [2.05, 4.69) is 9.97 Å². The van der Waals surface area contributed by atoms with E-state index >= 15 is 0 Å². The second-order valence-electron chi connectivity index (χ2n) is 2.90. The van der Waals surface area contributed by atoms with Crippen LogP contribution in [0.25, 0.3) is 0 Å². The van der Waals surface area contributed by atoms with Gasteiger partial charge in [-0.3, -0.25) is 0 Å². The molecule has 15 heavy (non-hydrogen) atoms. The van der Waals surface area contributed by atoms with Crippen LogP contribution < -0.4 is 11.5 Å². The summed E-state index contributed by atoms with van der Waals surface area (Å²) >= 11 is 1.50. The highest BCUT2D eigenvalue weighted by atomic mass is 32.2. The number of hydrogen-bond donors (Lipinski definition) is 2. The highest BCUT2D eigenvalue weighted by Crippen LogP contribution is 2.26. The van der Waals surface area contributed by atoms with E-state index in [1.54, 1.807) is 6.07 Å². The molecule has 0 amide bonds. The van der Waals surface area contributed by atoms with Crippen LogP contribution in [0, 0.1) is 0 Å². The number of nitrogens with zero attached hydrogens (tertiary/aromatic N) is 2. The number of rotatable bonds is 2. The average Bonchev–Trinajstić information content (AvgIpc) is 2.17. The van der Waals surface area contributed by atoms with Crippen LogP contribution in [-0.2, 0) is 0 Å². The highest BCUT2D eigenvalue weighted by Gasteiger charge is 2.01. The number of nitrogens with two attached hydrogens (primary N) is 2. The summed E-state index contributed by atoms with van der Waals surface area (Å²) in [6.45, 7) is 0. The lowest BCUT2D eigenvalue weighted by Gasteiger charge is -2.02. The predicted molar refractivity (Wildman–Crippen MR) is 61.4 cm³/mol. The Bertz CT molecular complexity index is 438. The van der Waals surface area contributed by atoms with Crippen molar-refractivity contribution in [3.63, 3.8) is 0 Å². The van der Waals surface area contributed by atoms with Gasteiger partial charge in [-0.1, -0.05) is 30.0 Å². The molecule has 0 unspecified atom stereocenters. The number of anilines is 2. The van der Waals surface area contributed by atoms with Gasteiger partial charge in [-0.05, 0) is 12.1 Å². The molecular formula is C10H10N4S. The summed E-state index contributed by atoms with van der Waals surface area (Å²) < 4.78 is 0. The molecular weight excluding hydrogens is 208 g/mol. The zero-order chi connectivity index (χ0) is 10.7. The lowest BCUT2D eigenvalue weighted by molar-refractivity contribution is 1.07. The number of nitrogen functional groups attached to an aromatic ring is 2. The van der Waals surface area contributed by atoms with Crippen molar-refractivity contribution in [2.75, 3.05) is 11.5 Å². The van der Waals surface area contributed by atoms with E-state index < -0.39 is 0 Å². The topological polar surface area (TPSA) is 77.8 Å². The molecule has 5 heteroatoms. The van der Waals surface area contributed by atoms with Crippen LogP contribution in [0.2, 0.25) is 0 Å². The lowest BCUT2D eigenvalue weighted by atomic mass is 10.4. The second kappa shape index (κ2) is 4.18. The molecule has 0 radical (unpaired) electrons. The molecule has 0 aliphatic carbocycles. The molecule has 0 fully saturated rings. The van der Waals surface area contributed by atoms with Crippen LogP contribution in [0.4, 0.5) is 11.8 Å². The minimum atomic E-state index is 0.202. The van der Waals surface area contributed by atoms with Gasteiger partial charge in [0, 0.05) is 11.0 Å². The molecule has 0 bridgehead atoms. The maximum atomic E-state index is 5.57. The van der Waals surface area contributed by atoms with Gasteiger partial charge in [-0.2, -0.15) is 4.98 Å². The Morgan fingerprint density at radius 3 is 2.40 bits per heavy atom. The second-order valence-corrected chi connectivity index (χ2v) is 4.00. The summed E-state index contributed by atoms with van der Waals surface area (Å²) in [5.74, 6) is 0.592. The molecule has 0 saturated heterocycles. The monoisotopic (exact) mass is 218 g/mol. The van der Waals surface area contributed by atoms with E-state index in [4.69, 9.17) is 11.5 Å². The first kappa shape index (κ1) is 9.79. The lowest BCUT2D eigenvalue weighted by Crippen LogP contribution is -1.99. The quantitative estimate of drug-likeness (QED) is 0.751. The summed E-state index contributed by atoms with van der Waals surface area (Å²) in [4.78, 5) is 8.98. The molecule has 1 aromatic heterocycles. The van der Waals surface area contributed by atoms with Gasteiger partial charge in [0.15, 0.2) is 0 Å². The van der Waals surface area contributed by atoms with Crippen molar-refractivity contribution in [3.05, 3.63) is 36.4 Å². The van der Waals surface area contributed by atoms with Gasteiger partial charge in [-0.25, -0.2) is 4.98 Å². The highest BCUT2D eigenvalue weighted by molar-refractivity contribution is 7.99. The minimum Gasteiger partial charge on any atom is -0.383 e. The van der Waals surface area contributed by atoms with Gasteiger partial charge in [-0.15, -0.1) is 0 Å². The van der Waals surface area contributed by atoms with E-state index in [9.17, 15) is 0 Å². The molecule has 2 rings (SSSR count). The Labute approximate surface area is 91.7 Å². The number of aromatic nitrogens is 2. The van der Waals surface area contributed by atoms with Crippen LogP contribution in [-0.4, -0.2) is 9.97 Å². The van der Waals surface area contributed by atoms with Crippen molar-refractivity contribution >= 4 is 23.5 Å². The largest absolute Gasteiger partial charge is 0.383 e. The summed E-state index contributed by atoms with van der Waals surface area (Å²) in [6.07, 6.45) is 0. The third kappa shape index (κ3) is 2.60. The summed E-state index contributed by atoms with van der Waals surface area (Å²) in [5, 5.41) is 0.756. The van der Waals surface area contributed by atoms with Crippen molar-refractivity contribution < 1.29 is 0 Å². The molecule has 4 nitrogen and oxygen atoms in total. The molecule has 1 heterocycles. The molecule has 4 N–H and O–H groups in total. The molecule has 76 valence electrons. The van der Waals surface area contributed by atoms with Gasteiger partial charge in [0.25, 0.3) is 0 Å². The fourth-order valence-electron chi connectivity index (χ4n) is 1.12. The first-order chi connectivity index (χ1) is 7.24. The Morgan fingerprint density at radius 1 is 1.00 bits per heavy atom. The van der Waals surface area contributed by atoms with Crippen LogP contribution >= 0.6 is 11.8 Å². The van der Waals surface area contributed by atoms with Crippen molar-refractivity contribution in [1.29, 1.82) is 0 Å². The van der Waals surface area contributed by atoms with E-state index in [0.29, 0.717) is 5.82 Å². The summed E-state index contributed by atoms with van der Waals surface area (Å²) in [5.41, 5.74) is 11.1. The zero-order valence-corrected chi connectivity index (χ0v) is 8.74. The molecule has 2 aromatic rings. The SMILES string of the molecule is Nc1cc(Sc2ccccc2)nc(N)n1. The third-order valence-electron chi connectivity index (χ3n) is 1.71. The molecule has 0 atom stereocenters. The summed E-state index contributed by atoms with van der Waals surface area (Å²) in [6, 6.07) is 11.6. The Morgan fingerprint density at radius 2 is 1.73 bits per heavy atom. The van der Waals surface area contributed by atoms with Gasteiger partial charge in [0.1, 0.15) is 10.8 Å². The predicted octanol–water partition coefficient (Wildman–Crippen LogP) is 1.79. The minimum absolute atomic E-state index is 0.202. The number of benzene rings is 1. The normalized spacial score (nSPS) is 10.1. The first-order valence-corrected chi connectivity index (χ1v) is 5.18. The van der Waals surface area contributed by atoms with Crippen LogP contribution in [0.1, 0.15) is 0 Å². The smallest absolute Gasteiger partial charge is 0.223 e. The molecule has 0 aliphatic heterocycles. The zero-order valence-electron chi connectivity index (χ0n) is 7.92. The molecule has 0 saturated carbocycles. The van der Waals surface area contributed by atoms with Crippen molar-refractivity contribution in [3.8, 4) is 0 Å². The fraction of sp³-hybridized carbons (Fsp3) is 0. The Hall–Kier alpha value is -1.75. The molecule has 0 aliphatic rings. The van der Waals surface area contributed by atoms with Crippen LogP contribution in [0.15, 0.2) is 46.3 Å². The van der Waals surface area contributed by atoms with Crippen LogP contribution in [0.5, 0.6) is 0 Å². The van der Waals surface area contributed by atoms with Gasteiger partial charge >= 0.3 is 0 Å². The van der Waals surface area contributed by atoms with Gasteiger partial charge < -0.3 is 11.5 Å². The van der Waals surface area contributed by atoms with Crippen LogP contribution in [0.3, 0.4) is 0 Å². The fourth-order valence-corrected chi connectivity index (χ4v) is 1.98. The van der Waals surface area contributed by atoms with Gasteiger partial charge in [0.05, 0.1) is 0 Å². The van der Waals surface area contributed by atoms with Crippen molar-refractivity contribution in [1.82, 2.24) is 9.97 Å². The maximum absolute atomic E-state index is 5.57. The maximum Gasteiger partial charge on any atom is 0.223 e. The number of hydrogen-bond acceptors (Lipinski definition) is 5. The molecule has 0 spiro atoms. The van der Waals surface area contributed by atoms with Crippen molar-refractivity contribution in [2.24, 2.45) is 0 Å². The average molecular weight is 218 g/mol.